The van der Waals surface area contributed by atoms with Crippen LogP contribution in [0.4, 0.5) is 0 Å². The molecule has 0 aromatic carbocycles. The van der Waals surface area contributed by atoms with Gasteiger partial charge in [-0.15, -0.1) is 6.58 Å². The first-order chi connectivity index (χ1) is 10.7. The maximum Gasteiger partial charge on any atom is 0.163 e. The Balaban J connectivity index is 0. The minimum absolute atomic E-state index is 0.118. The summed E-state index contributed by atoms with van der Waals surface area (Å²) in [4.78, 5) is 12.3. The molecule has 0 amide bonds. The van der Waals surface area contributed by atoms with Crippen LogP contribution in [-0.4, -0.2) is 5.78 Å². The van der Waals surface area contributed by atoms with E-state index in [1.165, 1.54) is 0 Å². The summed E-state index contributed by atoms with van der Waals surface area (Å²) < 4.78 is 0. The molecule has 0 heterocycles. The van der Waals surface area contributed by atoms with Gasteiger partial charge in [-0.05, 0) is 31.4 Å². The van der Waals surface area contributed by atoms with Gasteiger partial charge in [-0.3, -0.25) is 4.79 Å². The summed E-state index contributed by atoms with van der Waals surface area (Å²) in [5, 5.41) is 0. The second-order valence-corrected chi connectivity index (χ2v) is 4.17. The maximum atomic E-state index is 12.3. The van der Waals surface area contributed by atoms with E-state index in [4.69, 9.17) is 0 Å². The van der Waals surface area contributed by atoms with E-state index >= 15 is 0 Å². The molecular weight excluding hydrogens is 268 g/mol. The quantitative estimate of drug-likeness (QED) is 0.277. The molecule has 0 atom stereocenters. The van der Waals surface area contributed by atoms with Crippen LogP contribution in [0.25, 0.3) is 0 Å². The number of ketones is 1. The number of carbonyl (C=O) groups is 1. The Labute approximate surface area is 136 Å². The highest BCUT2D eigenvalue weighted by Crippen LogP contribution is 2.13. The fourth-order valence-corrected chi connectivity index (χ4v) is 1.53. The third-order valence-electron chi connectivity index (χ3n) is 2.53. The van der Waals surface area contributed by atoms with Crippen LogP contribution in [0.15, 0.2) is 85.1 Å². The molecule has 0 saturated heterocycles. The number of allylic oxidation sites excluding steroid dienone is 12. The molecule has 0 aromatic rings. The van der Waals surface area contributed by atoms with Crippen LogP contribution in [0.2, 0.25) is 0 Å². The lowest BCUT2D eigenvalue weighted by molar-refractivity contribution is -0.115. The zero-order chi connectivity index (χ0) is 17.2. The largest absolute Gasteiger partial charge is 0.294 e. The van der Waals surface area contributed by atoms with Crippen LogP contribution in [-0.2, 0) is 4.79 Å². The van der Waals surface area contributed by atoms with Crippen molar-refractivity contribution in [1.82, 2.24) is 0 Å². The Morgan fingerprint density at radius 2 is 1.55 bits per heavy atom. The van der Waals surface area contributed by atoms with Gasteiger partial charge in [0.15, 0.2) is 5.78 Å². The smallest absolute Gasteiger partial charge is 0.163 e. The molecule has 0 fully saturated rings. The first-order valence-electron chi connectivity index (χ1n) is 7.76. The standard InChI is InChI=1S/C19H24O.C2H6/c1-5-9-13-17(14-10-6-2)16-19(20)18(12-8-4)15-11-7-3;1-2/h5-11,13-15H,1,4,12,16H2,2-3H3;1-2H3/b10-6-,11-7-,13-9-,17-14+,18-15+;. The molecule has 0 spiro atoms. The van der Waals surface area contributed by atoms with Crippen molar-refractivity contribution in [3.8, 4) is 0 Å². The molecule has 0 rings (SSSR count). The first kappa shape index (κ1) is 22.1. The van der Waals surface area contributed by atoms with Crippen molar-refractivity contribution >= 4 is 5.78 Å². The molecule has 22 heavy (non-hydrogen) atoms. The highest BCUT2D eigenvalue weighted by Gasteiger charge is 2.08. The van der Waals surface area contributed by atoms with E-state index in [0.29, 0.717) is 12.8 Å². The summed E-state index contributed by atoms with van der Waals surface area (Å²) in [6.45, 7) is 15.2. The average molecular weight is 298 g/mol. The Morgan fingerprint density at radius 1 is 0.955 bits per heavy atom. The van der Waals surface area contributed by atoms with Crippen LogP contribution < -0.4 is 0 Å². The van der Waals surface area contributed by atoms with Gasteiger partial charge in [0, 0.05) is 6.42 Å². The summed E-state index contributed by atoms with van der Waals surface area (Å²) >= 11 is 0. The van der Waals surface area contributed by atoms with E-state index in [9.17, 15) is 4.79 Å². The lowest BCUT2D eigenvalue weighted by Gasteiger charge is -2.04. The van der Waals surface area contributed by atoms with Crippen molar-refractivity contribution in [2.24, 2.45) is 0 Å². The Bertz CT molecular complexity index is 468. The summed E-state index contributed by atoms with van der Waals surface area (Å²) in [6, 6.07) is 0. The third-order valence-corrected chi connectivity index (χ3v) is 2.53. The van der Waals surface area contributed by atoms with Crippen molar-refractivity contribution in [2.75, 3.05) is 0 Å². The predicted molar refractivity (Wildman–Crippen MR) is 101 cm³/mol. The van der Waals surface area contributed by atoms with Crippen LogP contribution >= 0.6 is 0 Å². The highest BCUT2D eigenvalue weighted by atomic mass is 16.1. The van der Waals surface area contributed by atoms with E-state index in [-0.39, 0.29) is 5.78 Å². The van der Waals surface area contributed by atoms with Gasteiger partial charge in [0.25, 0.3) is 0 Å². The fourth-order valence-electron chi connectivity index (χ4n) is 1.53. The molecular formula is C21H30O. The molecule has 1 nitrogen and oxygen atoms in total. The minimum Gasteiger partial charge on any atom is -0.294 e. The van der Waals surface area contributed by atoms with Crippen molar-refractivity contribution < 1.29 is 4.79 Å². The predicted octanol–water partition coefficient (Wildman–Crippen LogP) is 6.30. The van der Waals surface area contributed by atoms with E-state index in [2.05, 4.69) is 13.2 Å². The van der Waals surface area contributed by atoms with Gasteiger partial charge >= 0.3 is 0 Å². The van der Waals surface area contributed by atoms with Crippen molar-refractivity contribution in [1.29, 1.82) is 0 Å². The second kappa shape index (κ2) is 16.9. The lowest BCUT2D eigenvalue weighted by atomic mass is 9.99. The summed E-state index contributed by atoms with van der Waals surface area (Å²) in [7, 11) is 0. The van der Waals surface area contributed by atoms with Crippen LogP contribution in [0.1, 0.15) is 40.5 Å². The average Bonchev–Trinajstić information content (AvgIpc) is 2.55. The molecule has 1 heteroatoms. The zero-order valence-electron chi connectivity index (χ0n) is 14.5. The normalized spacial score (nSPS) is 12.5. The summed E-state index contributed by atoms with van der Waals surface area (Å²) in [5.74, 6) is 0.118. The van der Waals surface area contributed by atoms with Crippen molar-refractivity contribution in [3.63, 3.8) is 0 Å². The van der Waals surface area contributed by atoms with Gasteiger partial charge in [0.2, 0.25) is 0 Å². The van der Waals surface area contributed by atoms with Gasteiger partial charge in [-0.2, -0.15) is 0 Å². The summed E-state index contributed by atoms with van der Waals surface area (Å²) in [6.07, 6.45) is 19.6. The number of carbonyl (C=O) groups excluding carboxylic acids is 1. The fraction of sp³-hybridized carbons (Fsp3) is 0.286. The van der Waals surface area contributed by atoms with Crippen LogP contribution in [0, 0.1) is 0 Å². The first-order valence-corrected chi connectivity index (χ1v) is 7.76. The molecule has 0 N–H and O–H groups in total. The monoisotopic (exact) mass is 298 g/mol. The second-order valence-electron chi connectivity index (χ2n) is 4.17. The van der Waals surface area contributed by atoms with E-state index in [1.54, 1.807) is 12.2 Å². The SMILES string of the molecule is C=C\C=C/C(=C\C=C/C)CC(=O)/C(=C/C=C\C)CC=C.CC. The van der Waals surface area contributed by atoms with Gasteiger partial charge in [0.1, 0.15) is 0 Å². The number of Topliss-reactive ketones (excluding diaryl/α,β-unsaturated/α-hetero) is 1. The van der Waals surface area contributed by atoms with Gasteiger partial charge < -0.3 is 0 Å². The molecule has 120 valence electrons. The van der Waals surface area contributed by atoms with Crippen LogP contribution in [0.3, 0.4) is 0 Å². The zero-order valence-corrected chi connectivity index (χ0v) is 14.5. The van der Waals surface area contributed by atoms with E-state index in [0.717, 1.165) is 11.1 Å². The maximum absolute atomic E-state index is 12.3. The third kappa shape index (κ3) is 11.7. The number of hydrogen-bond donors (Lipinski definition) is 0. The lowest BCUT2D eigenvalue weighted by Crippen LogP contribution is -2.03. The van der Waals surface area contributed by atoms with Gasteiger partial charge in [-0.25, -0.2) is 0 Å². The van der Waals surface area contributed by atoms with Crippen molar-refractivity contribution in [2.45, 2.75) is 40.5 Å². The van der Waals surface area contributed by atoms with Gasteiger partial charge in [0.05, 0.1) is 0 Å². The van der Waals surface area contributed by atoms with E-state index < -0.39 is 0 Å². The topological polar surface area (TPSA) is 17.1 Å². The van der Waals surface area contributed by atoms with Crippen LogP contribution in [0.5, 0.6) is 0 Å². The minimum atomic E-state index is 0.118. The highest BCUT2D eigenvalue weighted by molar-refractivity contribution is 5.97. The molecule has 0 aliphatic carbocycles. The molecule has 0 bridgehead atoms. The number of rotatable bonds is 9. The van der Waals surface area contributed by atoms with Crippen molar-refractivity contribution in [3.05, 3.63) is 85.1 Å². The van der Waals surface area contributed by atoms with E-state index in [1.807, 2.05) is 76.3 Å². The Morgan fingerprint density at radius 3 is 2.05 bits per heavy atom. The molecule has 0 aliphatic rings. The number of hydrogen-bond acceptors (Lipinski definition) is 1. The molecule has 0 saturated carbocycles. The molecule has 0 aromatic heterocycles. The summed E-state index contributed by atoms with van der Waals surface area (Å²) in [5.41, 5.74) is 1.74. The Hall–Kier alpha value is -2.15. The molecule has 0 radical (unpaired) electrons. The molecule has 0 aliphatic heterocycles. The molecule has 0 unspecified atom stereocenters. The van der Waals surface area contributed by atoms with Gasteiger partial charge in [-0.1, -0.05) is 81.2 Å². The Kier molecular flexibility index (Phi) is 17.0.